The van der Waals surface area contributed by atoms with Gasteiger partial charge in [0.05, 0.1) is 6.20 Å². The average Bonchev–Trinajstić information content (AvgIpc) is 2.96. The summed E-state index contributed by atoms with van der Waals surface area (Å²) in [6.07, 6.45) is 4.05. The number of oxazole rings is 1. The summed E-state index contributed by atoms with van der Waals surface area (Å²) in [6, 6.07) is 15.4. The van der Waals surface area contributed by atoms with E-state index in [4.69, 9.17) is 4.42 Å². The molecule has 1 heterocycles. The molecule has 0 radical (unpaired) electrons. The van der Waals surface area contributed by atoms with Gasteiger partial charge in [-0.3, -0.25) is 0 Å². The number of aromatic nitrogens is 1. The molecular weight excluding hydrogens is 238 g/mol. The zero-order valence-corrected chi connectivity index (χ0v) is 10.3. The van der Waals surface area contributed by atoms with Crippen molar-refractivity contribution in [2.24, 2.45) is 0 Å². The normalized spacial score (nSPS) is 10.5. The Hall–Kier alpha value is -2.55. The van der Waals surface area contributed by atoms with Gasteiger partial charge in [-0.15, -0.1) is 0 Å². The lowest BCUT2D eigenvalue weighted by Crippen LogP contribution is -1.88. The second-order valence-electron chi connectivity index (χ2n) is 4.38. The lowest BCUT2D eigenvalue weighted by atomic mass is 10.0. The highest BCUT2D eigenvalue weighted by Crippen LogP contribution is 2.19. The minimum Gasteiger partial charge on any atom is -0.508 e. The van der Waals surface area contributed by atoms with Crippen LogP contribution in [0.3, 0.4) is 0 Å². The van der Waals surface area contributed by atoms with Crippen LogP contribution >= 0.6 is 0 Å². The topological polar surface area (TPSA) is 46.3 Å². The van der Waals surface area contributed by atoms with Gasteiger partial charge in [0.25, 0.3) is 0 Å². The van der Waals surface area contributed by atoms with Crippen LogP contribution in [0.5, 0.6) is 5.75 Å². The molecule has 0 saturated carbocycles. The molecule has 3 aromatic rings. The first-order chi connectivity index (χ1) is 9.31. The first-order valence-corrected chi connectivity index (χ1v) is 6.08. The van der Waals surface area contributed by atoms with Gasteiger partial charge >= 0.3 is 0 Å². The minimum atomic E-state index is 0.294. The molecule has 2 aromatic carbocycles. The Morgan fingerprint density at radius 3 is 2.11 bits per heavy atom. The van der Waals surface area contributed by atoms with Crippen LogP contribution in [-0.4, -0.2) is 10.1 Å². The molecule has 0 bridgehead atoms. The van der Waals surface area contributed by atoms with Crippen molar-refractivity contribution in [3.63, 3.8) is 0 Å². The number of phenols is 1. The smallest absolute Gasteiger partial charge is 0.225 e. The predicted molar refractivity (Wildman–Crippen MR) is 72.9 cm³/mol. The molecule has 0 aliphatic heterocycles. The van der Waals surface area contributed by atoms with Gasteiger partial charge in [0.1, 0.15) is 12.0 Å². The van der Waals surface area contributed by atoms with E-state index in [1.807, 2.05) is 24.3 Å². The summed E-state index contributed by atoms with van der Waals surface area (Å²) in [6.45, 7) is 0. The van der Waals surface area contributed by atoms with Crippen molar-refractivity contribution in [2.75, 3.05) is 0 Å². The van der Waals surface area contributed by atoms with E-state index in [9.17, 15) is 5.11 Å². The lowest BCUT2D eigenvalue weighted by molar-refractivity contribution is 0.475. The molecule has 0 unspecified atom stereocenters. The zero-order chi connectivity index (χ0) is 13.1. The summed E-state index contributed by atoms with van der Waals surface area (Å²) >= 11 is 0. The number of phenolic OH excluding ortho intramolecular Hbond substituents is 1. The van der Waals surface area contributed by atoms with Crippen LogP contribution in [0.2, 0.25) is 0 Å². The van der Waals surface area contributed by atoms with Gasteiger partial charge < -0.3 is 9.52 Å². The van der Waals surface area contributed by atoms with Gasteiger partial charge in [0.2, 0.25) is 5.89 Å². The fourth-order valence-corrected chi connectivity index (χ4v) is 1.98. The molecular formula is C16H13NO2. The highest BCUT2D eigenvalue weighted by molar-refractivity contribution is 5.53. The van der Waals surface area contributed by atoms with Crippen molar-refractivity contribution < 1.29 is 9.52 Å². The Bertz CT molecular complexity index is 640. The molecule has 1 N–H and O–H groups in total. The molecule has 1 aromatic heterocycles. The first-order valence-electron chi connectivity index (χ1n) is 6.08. The third-order valence-corrected chi connectivity index (χ3v) is 2.98. The zero-order valence-electron chi connectivity index (χ0n) is 10.3. The summed E-state index contributed by atoms with van der Waals surface area (Å²) in [5.41, 5.74) is 3.35. The Morgan fingerprint density at radius 2 is 1.53 bits per heavy atom. The third-order valence-electron chi connectivity index (χ3n) is 2.98. The van der Waals surface area contributed by atoms with E-state index in [0.717, 1.165) is 12.0 Å². The van der Waals surface area contributed by atoms with Crippen molar-refractivity contribution in [3.05, 3.63) is 72.1 Å². The maximum Gasteiger partial charge on any atom is 0.225 e. The van der Waals surface area contributed by atoms with Gasteiger partial charge in [-0.25, -0.2) is 4.98 Å². The number of benzene rings is 2. The number of nitrogens with zero attached hydrogens (tertiary/aromatic N) is 1. The molecule has 3 nitrogen and oxygen atoms in total. The van der Waals surface area contributed by atoms with Gasteiger partial charge in [-0.1, -0.05) is 24.3 Å². The van der Waals surface area contributed by atoms with Crippen molar-refractivity contribution in [1.29, 1.82) is 0 Å². The van der Waals surface area contributed by atoms with Crippen molar-refractivity contribution in [3.8, 4) is 17.2 Å². The van der Waals surface area contributed by atoms with E-state index in [0.29, 0.717) is 11.6 Å². The summed E-state index contributed by atoms with van der Waals surface area (Å²) in [4.78, 5) is 4.12. The van der Waals surface area contributed by atoms with Crippen LogP contribution in [0.15, 0.2) is 65.4 Å². The molecule has 3 rings (SSSR count). The molecule has 3 heteroatoms. The first kappa shape index (κ1) is 11.5. The maximum absolute atomic E-state index is 9.25. The molecule has 0 spiro atoms. The quantitative estimate of drug-likeness (QED) is 0.773. The Kier molecular flexibility index (Phi) is 3.02. The van der Waals surface area contributed by atoms with Crippen LogP contribution in [0, 0.1) is 0 Å². The minimum absolute atomic E-state index is 0.294. The highest BCUT2D eigenvalue weighted by atomic mass is 16.3. The van der Waals surface area contributed by atoms with E-state index >= 15 is 0 Å². The SMILES string of the molecule is Oc1ccc(Cc2ccc(-c3ncco3)cc2)cc1. The van der Waals surface area contributed by atoms with E-state index < -0.39 is 0 Å². The summed E-state index contributed by atoms with van der Waals surface area (Å²) < 4.78 is 5.25. The largest absolute Gasteiger partial charge is 0.508 e. The van der Waals surface area contributed by atoms with Gasteiger partial charge in [0.15, 0.2) is 0 Å². The van der Waals surface area contributed by atoms with Crippen LogP contribution in [-0.2, 0) is 6.42 Å². The Labute approximate surface area is 111 Å². The molecule has 0 aliphatic carbocycles. The Balaban J connectivity index is 1.77. The number of hydrogen-bond donors (Lipinski definition) is 1. The van der Waals surface area contributed by atoms with Gasteiger partial charge in [0, 0.05) is 5.56 Å². The number of rotatable bonds is 3. The molecule has 0 fully saturated rings. The molecule has 94 valence electrons. The van der Waals surface area contributed by atoms with Gasteiger partial charge in [-0.05, 0) is 41.8 Å². The standard InChI is InChI=1S/C16H13NO2/c18-15-7-3-13(4-8-15)11-12-1-5-14(6-2-12)16-17-9-10-19-16/h1-10,18H,11H2. The monoisotopic (exact) mass is 251 g/mol. The molecule has 0 amide bonds. The molecule has 0 aliphatic rings. The van der Waals surface area contributed by atoms with Crippen LogP contribution in [0.4, 0.5) is 0 Å². The van der Waals surface area contributed by atoms with Crippen LogP contribution in [0.1, 0.15) is 11.1 Å². The number of hydrogen-bond acceptors (Lipinski definition) is 3. The van der Waals surface area contributed by atoms with E-state index in [-0.39, 0.29) is 0 Å². The van der Waals surface area contributed by atoms with Crippen molar-refractivity contribution in [1.82, 2.24) is 4.98 Å². The third kappa shape index (κ3) is 2.65. The number of aromatic hydroxyl groups is 1. The second kappa shape index (κ2) is 4.98. The van der Waals surface area contributed by atoms with Crippen LogP contribution in [0.25, 0.3) is 11.5 Å². The summed E-state index contributed by atoms with van der Waals surface area (Å²) in [5, 5.41) is 9.25. The van der Waals surface area contributed by atoms with Crippen LogP contribution < -0.4 is 0 Å². The summed E-state index contributed by atoms with van der Waals surface area (Å²) in [5.74, 6) is 0.930. The van der Waals surface area contributed by atoms with Crippen molar-refractivity contribution >= 4 is 0 Å². The van der Waals surface area contributed by atoms with E-state index in [2.05, 4.69) is 17.1 Å². The fraction of sp³-hybridized carbons (Fsp3) is 0.0625. The van der Waals surface area contributed by atoms with Gasteiger partial charge in [-0.2, -0.15) is 0 Å². The second-order valence-corrected chi connectivity index (χ2v) is 4.38. The predicted octanol–water partition coefficient (Wildman–Crippen LogP) is 3.64. The highest BCUT2D eigenvalue weighted by Gasteiger charge is 2.02. The summed E-state index contributed by atoms with van der Waals surface area (Å²) in [7, 11) is 0. The fourth-order valence-electron chi connectivity index (χ4n) is 1.98. The van der Waals surface area contributed by atoms with E-state index in [1.54, 1.807) is 24.6 Å². The Morgan fingerprint density at radius 1 is 0.895 bits per heavy atom. The lowest BCUT2D eigenvalue weighted by Gasteiger charge is -2.03. The molecule has 0 saturated heterocycles. The van der Waals surface area contributed by atoms with E-state index in [1.165, 1.54) is 11.1 Å². The maximum atomic E-state index is 9.25. The molecule has 19 heavy (non-hydrogen) atoms. The van der Waals surface area contributed by atoms with Crippen molar-refractivity contribution in [2.45, 2.75) is 6.42 Å². The average molecular weight is 251 g/mol. The molecule has 0 atom stereocenters.